The van der Waals surface area contributed by atoms with E-state index in [1.807, 2.05) is 54.6 Å². The maximum atomic E-state index is 6.29. The number of hydrogen-bond donors (Lipinski definition) is 0. The fourth-order valence-corrected chi connectivity index (χ4v) is 16.0. The third-order valence-corrected chi connectivity index (χ3v) is 20.6. The average Bonchev–Trinajstić information content (AvgIpc) is 1.56. The quantitative estimate of drug-likeness (QED) is 0.151. The Bertz CT molecular complexity index is 6790. The molecular weight excluding hydrogens is 1260 g/mol. The molecular formula is C94H58N8O. The molecule has 7 heterocycles. The Hall–Kier alpha value is -14.0. The number of aromatic nitrogens is 8. The van der Waals surface area contributed by atoms with Crippen molar-refractivity contribution in [3.05, 3.63) is 352 Å². The molecule has 0 aliphatic carbocycles. The summed E-state index contributed by atoms with van der Waals surface area (Å²) in [5, 5.41) is 13.1. The standard InChI is InChI=1S/C52H34N4.C42H24N4O/c1-3-15-35(16-4-1)36-27-29-37(30-28-36)46-34-47(54-52(53-46)38-17-5-2-6-18-38)39-31-40(55-48-23-11-7-19-42(48)43-20-8-12-24-49(43)55)33-41(32-39)56-50-25-13-9-21-44(50)45-22-10-14-26-51(45)56;1-2-11-26-24-27(21-20-25(26)10-1)45-33-16-6-3-12-28(33)29-22-23-35-38(41(29)45)30-13-4-7-17-34(30)46(35)42-43-32-15-9-19-37-39(32)40(44-42)31-14-5-8-18-36(31)47-37/h1-34H;1-24H. The van der Waals surface area contributed by atoms with Gasteiger partial charge in [-0.2, -0.15) is 0 Å². The van der Waals surface area contributed by atoms with Gasteiger partial charge in [-0.3, -0.25) is 4.57 Å². The summed E-state index contributed by atoms with van der Waals surface area (Å²) in [7, 11) is 0. The van der Waals surface area contributed by atoms with Crippen LogP contribution in [-0.4, -0.2) is 38.2 Å². The van der Waals surface area contributed by atoms with E-state index in [4.69, 9.17) is 24.7 Å². The zero-order valence-electron chi connectivity index (χ0n) is 55.5. The van der Waals surface area contributed by atoms with Crippen LogP contribution >= 0.6 is 0 Å². The van der Waals surface area contributed by atoms with E-state index in [-0.39, 0.29) is 0 Å². The molecule has 480 valence electrons. The molecule has 21 aromatic rings. The van der Waals surface area contributed by atoms with Crippen molar-refractivity contribution < 1.29 is 4.74 Å². The van der Waals surface area contributed by atoms with Crippen LogP contribution in [0.5, 0.6) is 11.5 Å². The number of ether oxygens (including phenoxy) is 1. The van der Waals surface area contributed by atoms with Crippen molar-refractivity contribution >= 4 is 109 Å². The minimum atomic E-state index is 0.639. The monoisotopic (exact) mass is 1310 g/mol. The van der Waals surface area contributed by atoms with Gasteiger partial charge in [-0.1, -0.05) is 249 Å². The molecule has 0 fully saturated rings. The summed E-state index contributed by atoms with van der Waals surface area (Å²) in [6.45, 7) is 0. The molecule has 0 atom stereocenters. The first-order valence-electron chi connectivity index (χ1n) is 34.8. The zero-order chi connectivity index (χ0) is 67.6. The topological polar surface area (TPSA) is 80.5 Å². The first kappa shape index (κ1) is 58.0. The molecule has 22 rings (SSSR count). The molecule has 103 heavy (non-hydrogen) atoms. The Morgan fingerprint density at radius 1 is 0.243 bits per heavy atom. The van der Waals surface area contributed by atoms with E-state index in [0.29, 0.717) is 11.8 Å². The Kier molecular flexibility index (Phi) is 13.1. The van der Waals surface area contributed by atoms with Gasteiger partial charge in [-0.25, -0.2) is 19.9 Å². The predicted octanol–water partition coefficient (Wildman–Crippen LogP) is 24.1. The SMILES string of the molecule is c1ccc(-c2ccc(-c3cc(-c4cc(-n5c6ccccc6c6ccccc65)cc(-n5c6ccccc6c6ccccc65)c4)nc(-c4ccccc4)n3)cc2)cc1.c1ccc2c(c1)Oc1cccc3nc(-n4c5ccccc5c5c4ccc4c6ccccc6n(-c6ccc7ccccc7c6)c45)nc-2c13. The van der Waals surface area contributed by atoms with E-state index in [9.17, 15) is 0 Å². The van der Waals surface area contributed by atoms with E-state index in [1.165, 1.54) is 70.6 Å². The van der Waals surface area contributed by atoms with E-state index in [2.05, 4.69) is 316 Å². The van der Waals surface area contributed by atoms with Crippen molar-refractivity contribution in [3.63, 3.8) is 0 Å². The Balaban J connectivity index is 0.000000135. The lowest BCUT2D eigenvalue weighted by atomic mass is 10.0. The Morgan fingerprint density at radius 3 is 1.36 bits per heavy atom. The minimum absolute atomic E-state index is 0.639. The largest absolute Gasteiger partial charge is 0.456 e. The van der Waals surface area contributed by atoms with Crippen LogP contribution in [-0.2, 0) is 0 Å². The maximum absolute atomic E-state index is 6.29. The number of hydrogen-bond acceptors (Lipinski definition) is 5. The number of benzene rings is 15. The summed E-state index contributed by atoms with van der Waals surface area (Å²) in [5.74, 6) is 2.92. The third kappa shape index (κ3) is 9.33. The van der Waals surface area contributed by atoms with Crippen LogP contribution in [0.4, 0.5) is 0 Å². The summed E-state index contributed by atoms with van der Waals surface area (Å²) < 4.78 is 15.7. The van der Waals surface area contributed by atoms with Crippen molar-refractivity contribution in [2.24, 2.45) is 0 Å². The number of para-hydroxylation sites is 7. The normalized spacial score (nSPS) is 12.0. The van der Waals surface area contributed by atoms with Crippen LogP contribution in [0, 0.1) is 0 Å². The summed E-state index contributed by atoms with van der Waals surface area (Å²) in [6.07, 6.45) is 0. The molecule has 15 aromatic carbocycles. The van der Waals surface area contributed by atoms with Crippen LogP contribution in [0.1, 0.15) is 0 Å². The van der Waals surface area contributed by atoms with Crippen molar-refractivity contribution in [3.8, 4) is 90.8 Å². The van der Waals surface area contributed by atoms with Crippen molar-refractivity contribution in [1.82, 2.24) is 38.2 Å². The summed E-state index contributed by atoms with van der Waals surface area (Å²) in [4.78, 5) is 21.0. The molecule has 9 heteroatoms. The van der Waals surface area contributed by atoms with Crippen molar-refractivity contribution in [1.29, 1.82) is 0 Å². The molecule has 0 N–H and O–H groups in total. The van der Waals surface area contributed by atoms with Crippen LogP contribution in [0.25, 0.3) is 188 Å². The average molecular weight is 1320 g/mol. The van der Waals surface area contributed by atoms with E-state index in [1.54, 1.807) is 0 Å². The molecule has 1 aliphatic rings. The van der Waals surface area contributed by atoms with Gasteiger partial charge in [0.2, 0.25) is 5.95 Å². The first-order valence-corrected chi connectivity index (χ1v) is 34.8. The fourth-order valence-electron chi connectivity index (χ4n) is 16.0. The highest BCUT2D eigenvalue weighted by Crippen LogP contribution is 2.48. The van der Waals surface area contributed by atoms with Crippen LogP contribution < -0.4 is 4.74 Å². The van der Waals surface area contributed by atoms with E-state index < -0.39 is 0 Å². The molecule has 0 saturated carbocycles. The number of fused-ring (bicyclic) bond motifs is 16. The molecule has 0 unspecified atom stereocenters. The van der Waals surface area contributed by atoms with Gasteiger partial charge in [-0.05, 0) is 125 Å². The van der Waals surface area contributed by atoms with E-state index >= 15 is 0 Å². The smallest absolute Gasteiger partial charge is 0.235 e. The summed E-state index contributed by atoms with van der Waals surface area (Å²) in [6, 6.07) is 125. The molecule has 0 radical (unpaired) electrons. The predicted molar refractivity (Wildman–Crippen MR) is 424 cm³/mol. The lowest BCUT2D eigenvalue weighted by Crippen LogP contribution is -2.06. The number of rotatable bonds is 8. The Labute approximate surface area is 590 Å². The lowest BCUT2D eigenvalue weighted by molar-refractivity contribution is 0.486. The summed E-state index contributed by atoms with van der Waals surface area (Å²) >= 11 is 0. The van der Waals surface area contributed by atoms with Crippen LogP contribution in [0.3, 0.4) is 0 Å². The second-order valence-electron chi connectivity index (χ2n) is 26.5. The fraction of sp³-hybridized carbons (Fsp3) is 0. The third-order valence-electron chi connectivity index (χ3n) is 20.6. The van der Waals surface area contributed by atoms with Gasteiger partial charge in [0.1, 0.15) is 11.5 Å². The first-order chi connectivity index (χ1) is 51.1. The minimum Gasteiger partial charge on any atom is -0.456 e. The molecule has 0 amide bonds. The summed E-state index contributed by atoms with van der Waals surface area (Å²) in [5.41, 5.74) is 22.2. The molecule has 1 aliphatic heterocycles. The molecule has 9 nitrogen and oxygen atoms in total. The van der Waals surface area contributed by atoms with Crippen LogP contribution in [0.15, 0.2) is 352 Å². The Morgan fingerprint density at radius 2 is 0.728 bits per heavy atom. The molecule has 0 spiro atoms. The second-order valence-corrected chi connectivity index (χ2v) is 26.5. The molecule has 6 aromatic heterocycles. The maximum Gasteiger partial charge on any atom is 0.235 e. The van der Waals surface area contributed by atoms with Crippen molar-refractivity contribution in [2.45, 2.75) is 0 Å². The van der Waals surface area contributed by atoms with Gasteiger partial charge >= 0.3 is 0 Å². The zero-order valence-corrected chi connectivity index (χ0v) is 55.5. The second kappa shape index (κ2) is 23.3. The molecule has 0 saturated heterocycles. The highest BCUT2D eigenvalue weighted by molar-refractivity contribution is 6.26. The highest BCUT2D eigenvalue weighted by Gasteiger charge is 2.27. The van der Waals surface area contributed by atoms with Crippen molar-refractivity contribution in [2.75, 3.05) is 0 Å². The van der Waals surface area contributed by atoms with Gasteiger partial charge in [-0.15, -0.1) is 0 Å². The molecule has 0 bridgehead atoms. The van der Waals surface area contributed by atoms with Gasteiger partial charge in [0.15, 0.2) is 5.82 Å². The van der Waals surface area contributed by atoms with Gasteiger partial charge < -0.3 is 18.4 Å². The van der Waals surface area contributed by atoms with Gasteiger partial charge in [0.05, 0.1) is 72.1 Å². The van der Waals surface area contributed by atoms with Gasteiger partial charge in [0, 0.05) is 82.4 Å². The lowest BCUT2D eigenvalue weighted by Gasteiger charge is -2.20. The highest BCUT2D eigenvalue weighted by atomic mass is 16.5. The number of nitrogens with zero attached hydrogens (tertiary/aromatic N) is 8. The van der Waals surface area contributed by atoms with E-state index in [0.717, 1.165) is 117 Å². The van der Waals surface area contributed by atoms with Gasteiger partial charge in [0.25, 0.3) is 0 Å². The van der Waals surface area contributed by atoms with Crippen LogP contribution in [0.2, 0.25) is 0 Å².